The van der Waals surface area contributed by atoms with Gasteiger partial charge in [0, 0.05) is 17.5 Å². The Bertz CT molecular complexity index is 770. The normalized spacial score (nSPS) is 10.2. The van der Waals surface area contributed by atoms with Gasteiger partial charge in [0.25, 0.3) is 5.91 Å². The average molecular weight is 333 g/mol. The monoisotopic (exact) mass is 333 g/mol. The molecule has 0 aliphatic rings. The molecule has 0 aliphatic heterocycles. The maximum atomic E-state index is 12.2. The number of benzene rings is 1. The van der Waals surface area contributed by atoms with Crippen LogP contribution in [0.15, 0.2) is 23.6 Å². The fourth-order valence-electron chi connectivity index (χ4n) is 1.72. The number of aromatic carboxylic acids is 1. The maximum Gasteiger partial charge on any atom is 0.335 e. The van der Waals surface area contributed by atoms with Gasteiger partial charge in [-0.2, -0.15) is 0 Å². The molecule has 0 spiro atoms. The molecule has 120 valence electrons. The molecule has 7 nitrogen and oxygen atoms in total. The standard InChI is InChI=1S/C15H15N3O4S/c1-3-12(19)18-15-17-11(7-23-15)13(20)16-10-6-9(14(21)22)5-4-8(10)2/h4-7H,3H2,1-2H3,(H,16,20)(H,21,22)(H,17,18,19). The third kappa shape index (κ3) is 4.13. The summed E-state index contributed by atoms with van der Waals surface area (Å²) in [6.07, 6.45) is 0.322. The van der Waals surface area contributed by atoms with Gasteiger partial charge in [-0.15, -0.1) is 11.3 Å². The molecule has 0 saturated carbocycles. The number of nitrogens with one attached hydrogen (secondary N) is 2. The second-order valence-corrected chi connectivity index (χ2v) is 5.59. The van der Waals surface area contributed by atoms with Crippen molar-refractivity contribution in [1.29, 1.82) is 0 Å². The lowest BCUT2D eigenvalue weighted by Gasteiger charge is -2.08. The number of carbonyl (C=O) groups is 3. The van der Waals surface area contributed by atoms with Crippen LogP contribution in [0, 0.1) is 6.92 Å². The largest absolute Gasteiger partial charge is 0.478 e. The first-order valence-electron chi connectivity index (χ1n) is 6.81. The minimum absolute atomic E-state index is 0.0834. The number of amides is 2. The van der Waals surface area contributed by atoms with Crippen LogP contribution in [-0.2, 0) is 4.79 Å². The maximum absolute atomic E-state index is 12.2. The number of carboxylic acids is 1. The molecule has 1 aromatic carbocycles. The molecule has 1 aromatic heterocycles. The van der Waals surface area contributed by atoms with Gasteiger partial charge < -0.3 is 15.7 Å². The lowest BCUT2D eigenvalue weighted by molar-refractivity contribution is -0.115. The Hall–Kier alpha value is -2.74. The fourth-order valence-corrected chi connectivity index (χ4v) is 2.43. The van der Waals surface area contributed by atoms with Crippen LogP contribution in [0.2, 0.25) is 0 Å². The number of thiazole rings is 1. The summed E-state index contributed by atoms with van der Waals surface area (Å²) < 4.78 is 0. The number of nitrogens with zero attached hydrogens (tertiary/aromatic N) is 1. The molecular formula is C15H15N3O4S. The highest BCUT2D eigenvalue weighted by atomic mass is 32.1. The second kappa shape index (κ2) is 7.01. The van der Waals surface area contributed by atoms with Gasteiger partial charge in [-0.05, 0) is 24.6 Å². The third-order valence-corrected chi connectivity index (χ3v) is 3.79. The summed E-state index contributed by atoms with van der Waals surface area (Å²) in [7, 11) is 0. The topological polar surface area (TPSA) is 108 Å². The molecule has 0 aliphatic carbocycles. The zero-order valence-electron chi connectivity index (χ0n) is 12.5. The molecule has 0 atom stereocenters. The van der Waals surface area contributed by atoms with Crippen LogP contribution in [0.25, 0.3) is 0 Å². The number of hydrogen-bond donors (Lipinski definition) is 3. The zero-order valence-corrected chi connectivity index (χ0v) is 13.4. The van der Waals surface area contributed by atoms with Crippen molar-refractivity contribution in [3.05, 3.63) is 40.4 Å². The minimum Gasteiger partial charge on any atom is -0.478 e. The first-order valence-corrected chi connectivity index (χ1v) is 7.69. The molecule has 0 saturated heterocycles. The molecule has 2 aromatic rings. The number of carboxylic acid groups (broad SMARTS) is 1. The van der Waals surface area contributed by atoms with Gasteiger partial charge in [0.15, 0.2) is 5.13 Å². The smallest absolute Gasteiger partial charge is 0.335 e. The van der Waals surface area contributed by atoms with E-state index in [1.165, 1.54) is 17.5 Å². The zero-order chi connectivity index (χ0) is 17.0. The molecule has 0 bridgehead atoms. The van der Waals surface area contributed by atoms with E-state index in [0.29, 0.717) is 17.2 Å². The molecule has 1 heterocycles. The Morgan fingerprint density at radius 1 is 1.26 bits per heavy atom. The van der Waals surface area contributed by atoms with Crippen molar-refractivity contribution in [2.45, 2.75) is 20.3 Å². The van der Waals surface area contributed by atoms with Gasteiger partial charge in [-0.1, -0.05) is 13.0 Å². The molecular weight excluding hydrogens is 318 g/mol. The van der Waals surface area contributed by atoms with E-state index in [1.54, 1.807) is 19.9 Å². The van der Waals surface area contributed by atoms with E-state index in [1.807, 2.05) is 0 Å². The number of hydrogen-bond acceptors (Lipinski definition) is 5. The fraction of sp³-hybridized carbons (Fsp3) is 0.200. The Balaban J connectivity index is 2.15. The highest BCUT2D eigenvalue weighted by Gasteiger charge is 2.14. The van der Waals surface area contributed by atoms with Crippen molar-refractivity contribution in [3.8, 4) is 0 Å². The first-order chi connectivity index (χ1) is 10.9. The van der Waals surface area contributed by atoms with Gasteiger partial charge in [-0.25, -0.2) is 9.78 Å². The van der Waals surface area contributed by atoms with E-state index >= 15 is 0 Å². The van der Waals surface area contributed by atoms with Crippen LogP contribution >= 0.6 is 11.3 Å². The number of carbonyl (C=O) groups excluding carboxylic acids is 2. The quantitative estimate of drug-likeness (QED) is 0.779. The second-order valence-electron chi connectivity index (χ2n) is 4.73. The summed E-state index contributed by atoms with van der Waals surface area (Å²) in [6, 6.07) is 4.48. The Kier molecular flexibility index (Phi) is 5.07. The SMILES string of the molecule is CCC(=O)Nc1nc(C(=O)Nc2cc(C(=O)O)ccc2C)cs1. The van der Waals surface area contributed by atoms with E-state index in [2.05, 4.69) is 15.6 Å². The summed E-state index contributed by atoms with van der Waals surface area (Å²) in [4.78, 5) is 38.5. The number of aromatic nitrogens is 1. The molecule has 2 amide bonds. The van der Waals surface area contributed by atoms with E-state index in [-0.39, 0.29) is 17.2 Å². The van der Waals surface area contributed by atoms with Crippen LogP contribution in [0.4, 0.5) is 10.8 Å². The lowest BCUT2D eigenvalue weighted by atomic mass is 10.1. The highest BCUT2D eigenvalue weighted by Crippen LogP contribution is 2.20. The Morgan fingerprint density at radius 2 is 2.00 bits per heavy atom. The van der Waals surface area contributed by atoms with Crippen molar-refractivity contribution in [1.82, 2.24) is 4.98 Å². The molecule has 8 heteroatoms. The van der Waals surface area contributed by atoms with E-state index in [4.69, 9.17) is 5.11 Å². The summed E-state index contributed by atoms with van der Waals surface area (Å²) in [5.41, 5.74) is 1.38. The minimum atomic E-state index is -1.07. The average Bonchev–Trinajstić information content (AvgIpc) is 2.97. The van der Waals surface area contributed by atoms with Crippen LogP contribution < -0.4 is 10.6 Å². The van der Waals surface area contributed by atoms with Crippen molar-refractivity contribution in [3.63, 3.8) is 0 Å². The van der Waals surface area contributed by atoms with Crippen LogP contribution in [0.1, 0.15) is 39.8 Å². The van der Waals surface area contributed by atoms with E-state index in [9.17, 15) is 14.4 Å². The number of rotatable bonds is 5. The first kappa shape index (κ1) is 16.6. The third-order valence-electron chi connectivity index (χ3n) is 3.04. The summed E-state index contributed by atoms with van der Waals surface area (Å²) in [6.45, 7) is 3.48. The summed E-state index contributed by atoms with van der Waals surface area (Å²) >= 11 is 1.15. The molecule has 23 heavy (non-hydrogen) atoms. The predicted octanol–water partition coefficient (Wildman–Crippen LogP) is 2.75. The summed E-state index contributed by atoms with van der Waals surface area (Å²) in [5, 5.41) is 16.1. The van der Waals surface area contributed by atoms with Crippen LogP contribution in [-0.4, -0.2) is 27.9 Å². The van der Waals surface area contributed by atoms with Crippen LogP contribution in [0.5, 0.6) is 0 Å². The molecule has 0 unspecified atom stereocenters. The van der Waals surface area contributed by atoms with Gasteiger partial charge in [0.05, 0.1) is 5.56 Å². The lowest BCUT2D eigenvalue weighted by Crippen LogP contribution is -2.14. The van der Waals surface area contributed by atoms with Gasteiger partial charge >= 0.3 is 5.97 Å². The summed E-state index contributed by atoms with van der Waals surface area (Å²) in [5.74, 6) is -1.72. The van der Waals surface area contributed by atoms with Crippen molar-refractivity contribution in [2.24, 2.45) is 0 Å². The molecule has 0 radical (unpaired) electrons. The van der Waals surface area contributed by atoms with Crippen LogP contribution in [0.3, 0.4) is 0 Å². The van der Waals surface area contributed by atoms with Crippen molar-refractivity contribution < 1.29 is 19.5 Å². The van der Waals surface area contributed by atoms with Crippen molar-refractivity contribution >= 4 is 39.9 Å². The number of aryl methyl sites for hydroxylation is 1. The Labute approximate surface area is 136 Å². The van der Waals surface area contributed by atoms with Gasteiger partial charge in [0.2, 0.25) is 5.91 Å². The van der Waals surface area contributed by atoms with E-state index in [0.717, 1.165) is 16.9 Å². The molecule has 2 rings (SSSR count). The van der Waals surface area contributed by atoms with Crippen molar-refractivity contribution in [2.75, 3.05) is 10.6 Å². The Morgan fingerprint density at radius 3 is 2.65 bits per heavy atom. The van der Waals surface area contributed by atoms with Gasteiger partial charge in [-0.3, -0.25) is 9.59 Å². The number of anilines is 2. The van der Waals surface area contributed by atoms with Gasteiger partial charge in [0.1, 0.15) is 5.69 Å². The highest BCUT2D eigenvalue weighted by molar-refractivity contribution is 7.14. The molecule has 3 N–H and O–H groups in total. The van der Waals surface area contributed by atoms with E-state index < -0.39 is 11.9 Å². The molecule has 0 fully saturated rings. The predicted molar refractivity (Wildman–Crippen MR) is 87.1 cm³/mol.